The molecular weight excluding hydrogens is 389 g/mol. The average Bonchev–Trinajstić information content (AvgIpc) is 2.97. The Balaban J connectivity index is 1.62. The quantitative estimate of drug-likeness (QED) is 0.812. The first-order valence-electron chi connectivity index (χ1n) is 9.22. The summed E-state index contributed by atoms with van der Waals surface area (Å²) < 4.78 is 43.9. The summed E-state index contributed by atoms with van der Waals surface area (Å²) in [5.74, 6) is 0.979. The standard InChI is InChI=1S/C18H23F3N6O2/c1-17(2,3)13-11-14(25-29-13)24-16(28)27-8-4-7-26(9-10-27)15-22-6-5-12(23-15)18(19,20)21/h5-6,11H,4,7-10H2,1-3H3,(H,24,25,28). The van der Waals surface area contributed by atoms with E-state index in [1.165, 1.54) is 0 Å². The number of rotatable bonds is 2. The Morgan fingerprint density at radius 2 is 1.93 bits per heavy atom. The summed E-state index contributed by atoms with van der Waals surface area (Å²) in [6, 6.07) is 2.18. The highest BCUT2D eigenvalue weighted by Crippen LogP contribution is 2.28. The molecule has 2 aromatic rings. The Labute approximate surface area is 166 Å². The molecule has 0 unspecified atom stereocenters. The van der Waals surface area contributed by atoms with Crippen molar-refractivity contribution in [1.82, 2.24) is 20.0 Å². The van der Waals surface area contributed by atoms with E-state index in [9.17, 15) is 18.0 Å². The van der Waals surface area contributed by atoms with Crippen LogP contribution in [0.1, 0.15) is 38.6 Å². The van der Waals surface area contributed by atoms with Gasteiger partial charge in [-0.25, -0.2) is 14.8 Å². The van der Waals surface area contributed by atoms with Gasteiger partial charge in [0.25, 0.3) is 0 Å². The highest BCUT2D eigenvalue weighted by atomic mass is 19.4. The van der Waals surface area contributed by atoms with Gasteiger partial charge in [-0.05, 0) is 12.5 Å². The number of urea groups is 1. The largest absolute Gasteiger partial charge is 0.433 e. The summed E-state index contributed by atoms with van der Waals surface area (Å²) in [6.45, 7) is 7.44. The van der Waals surface area contributed by atoms with Gasteiger partial charge in [0.05, 0.1) is 0 Å². The number of amides is 2. The Morgan fingerprint density at radius 1 is 1.17 bits per heavy atom. The van der Waals surface area contributed by atoms with E-state index in [1.54, 1.807) is 15.9 Å². The normalized spacial score (nSPS) is 15.9. The minimum absolute atomic E-state index is 0.00778. The van der Waals surface area contributed by atoms with Gasteiger partial charge in [-0.15, -0.1) is 0 Å². The van der Waals surface area contributed by atoms with Crippen molar-refractivity contribution in [2.24, 2.45) is 0 Å². The third kappa shape index (κ3) is 5.15. The smallest absolute Gasteiger partial charge is 0.359 e. The molecular formula is C18H23F3N6O2. The summed E-state index contributed by atoms with van der Waals surface area (Å²) in [7, 11) is 0. The highest BCUT2D eigenvalue weighted by molar-refractivity contribution is 5.88. The molecule has 1 saturated heterocycles. The van der Waals surface area contributed by atoms with Crippen LogP contribution < -0.4 is 10.2 Å². The molecule has 0 aliphatic carbocycles. The molecule has 0 bridgehead atoms. The molecule has 1 aliphatic heterocycles. The first-order chi connectivity index (χ1) is 13.5. The summed E-state index contributed by atoms with van der Waals surface area (Å²) in [4.78, 5) is 23.4. The first kappa shape index (κ1) is 20.9. The zero-order chi connectivity index (χ0) is 21.2. The summed E-state index contributed by atoms with van der Waals surface area (Å²) in [5, 5.41) is 6.56. The summed E-state index contributed by atoms with van der Waals surface area (Å²) in [5.41, 5.74) is -1.22. The molecule has 3 heterocycles. The summed E-state index contributed by atoms with van der Waals surface area (Å²) >= 11 is 0. The van der Waals surface area contributed by atoms with Gasteiger partial charge in [-0.1, -0.05) is 25.9 Å². The van der Waals surface area contributed by atoms with Crippen molar-refractivity contribution in [2.45, 2.75) is 38.8 Å². The van der Waals surface area contributed by atoms with E-state index in [-0.39, 0.29) is 17.4 Å². The van der Waals surface area contributed by atoms with Crippen molar-refractivity contribution < 1.29 is 22.5 Å². The summed E-state index contributed by atoms with van der Waals surface area (Å²) in [6.07, 6.45) is -2.87. The SMILES string of the molecule is CC(C)(C)c1cc(NC(=O)N2CCCN(c3nccc(C(F)(F)F)n3)CC2)no1. The van der Waals surface area contributed by atoms with Gasteiger partial charge in [-0.2, -0.15) is 13.2 Å². The second-order valence-corrected chi connectivity index (χ2v) is 7.82. The monoisotopic (exact) mass is 412 g/mol. The minimum Gasteiger partial charge on any atom is -0.359 e. The molecule has 2 amide bonds. The van der Waals surface area contributed by atoms with Crippen LogP contribution in [0.25, 0.3) is 0 Å². The molecule has 0 atom stereocenters. The van der Waals surface area contributed by atoms with E-state index in [0.29, 0.717) is 44.2 Å². The predicted molar refractivity (Wildman–Crippen MR) is 99.7 cm³/mol. The molecule has 11 heteroatoms. The van der Waals surface area contributed by atoms with E-state index >= 15 is 0 Å². The zero-order valence-electron chi connectivity index (χ0n) is 16.5. The van der Waals surface area contributed by atoms with Crippen LogP contribution >= 0.6 is 0 Å². The number of halogens is 3. The second kappa shape index (κ2) is 7.88. The van der Waals surface area contributed by atoms with Gasteiger partial charge in [0.1, 0.15) is 11.5 Å². The van der Waals surface area contributed by atoms with Gasteiger partial charge >= 0.3 is 12.2 Å². The number of anilines is 2. The fraction of sp³-hybridized carbons (Fsp3) is 0.556. The van der Waals surface area contributed by atoms with Gasteiger partial charge in [0, 0.05) is 43.9 Å². The van der Waals surface area contributed by atoms with Crippen molar-refractivity contribution in [1.29, 1.82) is 0 Å². The fourth-order valence-electron chi connectivity index (χ4n) is 2.86. The lowest BCUT2D eigenvalue weighted by Crippen LogP contribution is -2.38. The molecule has 1 aliphatic rings. The fourth-order valence-corrected chi connectivity index (χ4v) is 2.86. The number of aromatic nitrogens is 3. The molecule has 0 spiro atoms. The molecule has 29 heavy (non-hydrogen) atoms. The predicted octanol–water partition coefficient (Wildman–Crippen LogP) is 3.53. The molecule has 8 nitrogen and oxygen atoms in total. The maximum absolute atomic E-state index is 12.9. The van der Waals surface area contributed by atoms with Crippen LogP contribution in [0.4, 0.5) is 29.7 Å². The average molecular weight is 412 g/mol. The maximum atomic E-state index is 12.9. The number of nitrogens with zero attached hydrogens (tertiary/aromatic N) is 5. The molecule has 0 saturated carbocycles. The lowest BCUT2D eigenvalue weighted by molar-refractivity contribution is -0.141. The van der Waals surface area contributed by atoms with Crippen LogP contribution in [0.3, 0.4) is 0 Å². The molecule has 1 fully saturated rings. The number of alkyl halides is 3. The van der Waals surface area contributed by atoms with E-state index in [4.69, 9.17) is 4.52 Å². The Hall–Kier alpha value is -2.85. The number of carbonyl (C=O) groups is 1. The van der Waals surface area contributed by atoms with Crippen molar-refractivity contribution in [3.63, 3.8) is 0 Å². The van der Waals surface area contributed by atoms with E-state index in [2.05, 4.69) is 20.4 Å². The molecule has 0 radical (unpaired) electrons. The van der Waals surface area contributed by atoms with Crippen molar-refractivity contribution in [3.8, 4) is 0 Å². The van der Waals surface area contributed by atoms with Crippen LogP contribution in [0.2, 0.25) is 0 Å². The van der Waals surface area contributed by atoms with Crippen LogP contribution in [-0.4, -0.2) is 52.2 Å². The molecule has 3 rings (SSSR count). The minimum atomic E-state index is -4.53. The molecule has 0 aromatic carbocycles. The Morgan fingerprint density at radius 3 is 2.59 bits per heavy atom. The number of carbonyl (C=O) groups excluding carboxylic acids is 1. The van der Waals surface area contributed by atoms with Crippen LogP contribution in [0.15, 0.2) is 22.9 Å². The third-order valence-corrected chi connectivity index (χ3v) is 4.48. The lowest BCUT2D eigenvalue weighted by Gasteiger charge is -2.22. The van der Waals surface area contributed by atoms with Crippen molar-refractivity contribution in [3.05, 3.63) is 29.8 Å². The highest BCUT2D eigenvalue weighted by Gasteiger charge is 2.33. The van der Waals surface area contributed by atoms with Crippen molar-refractivity contribution in [2.75, 3.05) is 36.4 Å². The van der Waals surface area contributed by atoms with Crippen molar-refractivity contribution >= 4 is 17.8 Å². The molecule has 2 aromatic heterocycles. The van der Waals surface area contributed by atoms with E-state index in [1.807, 2.05) is 20.8 Å². The Kier molecular flexibility index (Phi) is 5.67. The van der Waals surface area contributed by atoms with Gasteiger partial charge in [0.2, 0.25) is 5.95 Å². The van der Waals surface area contributed by atoms with Gasteiger partial charge in [-0.3, -0.25) is 5.32 Å². The van der Waals surface area contributed by atoms with Gasteiger partial charge < -0.3 is 14.3 Å². The van der Waals surface area contributed by atoms with Gasteiger partial charge in [0.15, 0.2) is 5.82 Å². The van der Waals surface area contributed by atoms with E-state index < -0.39 is 11.9 Å². The third-order valence-electron chi connectivity index (χ3n) is 4.48. The van der Waals surface area contributed by atoms with Crippen LogP contribution in [0, 0.1) is 0 Å². The van der Waals surface area contributed by atoms with Crippen LogP contribution in [0.5, 0.6) is 0 Å². The van der Waals surface area contributed by atoms with Crippen LogP contribution in [-0.2, 0) is 11.6 Å². The second-order valence-electron chi connectivity index (χ2n) is 7.82. The maximum Gasteiger partial charge on any atom is 0.433 e. The Bertz CT molecular complexity index is 862. The molecule has 158 valence electrons. The van der Waals surface area contributed by atoms with E-state index in [0.717, 1.165) is 12.3 Å². The topological polar surface area (TPSA) is 87.4 Å². The number of nitrogens with one attached hydrogen (secondary N) is 1. The number of hydrogen-bond acceptors (Lipinski definition) is 6. The number of hydrogen-bond donors (Lipinski definition) is 1. The first-order valence-corrected chi connectivity index (χ1v) is 9.22. The molecule has 1 N–H and O–H groups in total. The zero-order valence-corrected chi connectivity index (χ0v) is 16.5. The lowest BCUT2D eigenvalue weighted by atomic mass is 9.93.